The minimum Gasteiger partial charge on any atom is -0.370 e. The number of amides is 2. The lowest BCUT2D eigenvalue weighted by Gasteiger charge is -2.22. The van der Waals surface area contributed by atoms with Crippen LogP contribution in [0.25, 0.3) is 0 Å². The number of aryl methyl sites for hydroxylation is 1. The quantitative estimate of drug-likeness (QED) is 0.903. The molecule has 4 rings (SSSR count). The van der Waals surface area contributed by atoms with Crippen LogP contribution in [0.4, 0.5) is 17.1 Å². The van der Waals surface area contributed by atoms with Crippen LogP contribution in [-0.4, -0.2) is 31.4 Å². The van der Waals surface area contributed by atoms with Gasteiger partial charge in [-0.3, -0.25) is 9.59 Å². The first-order valence-electron chi connectivity index (χ1n) is 9.64. The standard InChI is InChI=1S/C22H25N3O2/c1-16-8-10-18(11-9-16)25-15-17(14-21(25)26)22(27)23-19-6-2-3-7-20(19)24-12-4-5-13-24/h2-3,6-11,17H,4-5,12-15H2,1H3,(H,23,27)/t17-/m1/s1. The Hall–Kier alpha value is -2.82. The van der Waals surface area contributed by atoms with Gasteiger partial charge in [0, 0.05) is 31.7 Å². The van der Waals surface area contributed by atoms with Gasteiger partial charge in [0.1, 0.15) is 0 Å². The van der Waals surface area contributed by atoms with E-state index in [2.05, 4.69) is 16.3 Å². The maximum atomic E-state index is 12.8. The summed E-state index contributed by atoms with van der Waals surface area (Å²) in [5, 5.41) is 3.07. The Morgan fingerprint density at radius 2 is 1.74 bits per heavy atom. The first-order valence-corrected chi connectivity index (χ1v) is 9.64. The molecule has 5 heteroatoms. The largest absolute Gasteiger partial charge is 0.370 e. The lowest BCUT2D eigenvalue weighted by Crippen LogP contribution is -2.28. The summed E-state index contributed by atoms with van der Waals surface area (Å²) in [7, 11) is 0. The predicted octanol–water partition coefficient (Wildman–Crippen LogP) is 3.59. The highest BCUT2D eigenvalue weighted by Crippen LogP contribution is 2.31. The maximum Gasteiger partial charge on any atom is 0.229 e. The molecule has 27 heavy (non-hydrogen) atoms. The van der Waals surface area contributed by atoms with Crippen molar-refractivity contribution in [2.45, 2.75) is 26.2 Å². The summed E-state index contributed by atoms with van der Waals surface area (Å²) in [6, 6.07) is 15.8. The van der Waals surface area contributed by atoms with Crippen molar-refractivity contribution in [3.8, 4) is 0 Å². The Balaban J connectivity index is 1.46. The van der Waals surface area contributed by atoms with Gasteiger partial charge in [-0.25, -0.2) is 0 Å². The minimum absolute atomic E-state index is 0.00633. The molecule has 2 fully saturated rings. The van der Waals surface area contributed by atoms with Crippen LogP contribution in [0.5, 0.6) is 0 Å². The van der Waals surface area contributed by atoms with Crippen molar-refractivity contribution in [3.05, 3.63) is 54.1 Å². The lowest BCUT2D eigenvalue weighted by atomic mass is 10.1. The summed E-state index contributed by atoms with van der Waals surface area (Å²) in [6.07, 6.45) is 2.63. The lowest BCUT2D eigenvalue weighted by molar-refractivity contribution is -0.122. The number of hydrogen-bond acceptors (Lipinski definition) is 3. The van der Waals surface area contributed by atoms with Gasteiger partial charge in [-0.15, -0.1) is 0 Å². The van der Waals surface area contributed by atoms with Crippen LogP contribution in [-0.2, 0) is 9.59 Å². The zero-order chi connectivity index (χ0) is 18.8. The van der Waals surface area contributed by atoms with E-state index < -0.39 is 0 Å². The van der Waals surface area contributed by atoms with Gasteiger partial charge < -0.3 is 15.1 Å². The summed E-state index contributed by atoms with van der Waals surface area (Å²) >= 11 is 0. The second kappa shape index (κ2) is 7.43. The zero-order valence-corrected chi connectivity index (χ0v) is 15.6. The molecule has 2 amide bonds. The Labute approximate surface area is 160 Å². The number of carbonyl (C=O) groups is 2. The molecule has 2 aliphatic heterocycles. The molecule has 0 aliphatic carbocycles. The van der Waals surface area contributed by atoms with E-state index in [0.29, 0.717) is 6.54 Å². The maximum absolute atomic E-state index is 12.8. The Kier molecular flexibility index (Phi) is 4.84. The van der Waals surface area contributed by atoms with Crippen molar-refractivity contribution in [3.63, 3.8) is 0 Å². The summed E-state index contributed by atoms with van der Waals surface area (Å²) in [5.74, 6) is -0.401. The van der Waals surface area contributed by atoms with Crippen molar-refractivity contribution >= 4 is 28.9 Å². The van der Waals surface area contributed by atoms with Crippen molar-refractivity contribution < 1.29 is 9.59 Å². The minimum atomic E-state index is -0.328. The topological polar surface area (TPSA) is 52.7 Å². The number of nitrogens with one attached hydrogen (secondary N) is 1. The number of para-hydroxylation sites is 2. The fourth-order valence-corrected chi connectivity index (χ4v) is 3.91. The van der Waals surface area contributed by atoms with Crippen molar-refractivity contribution in [1.82, 2.24) is 0 Å². The van der Waals surface area contributed by atoms with Gasteiger partial charge in [0.2, 0.25) is 11.8 Å². The van der Waals surface area contributed by atoms with Crippen LogP contribution in [0, 0.1) is 12.8 Å². The SMILES string of the molecule is Cc1ccc(N2C[C@H](C(=O)Nc3ccccc3N3CCCC3)CC2=O)cc1. The number of anilines is 3. The van der Waals surface area contributed by atoms with Gasteiger partial charge in [-0.2, -0.15) is 0 Å². The highest BCUT2D eigenvalue weighted by atomic mass is 16.2. The molecule has 2 saturated heterocycles. The summed E-state index contributed by atoms with van der Waals surface area (Å²) in [4.78, 5) is 29.3. The third-order valence-corrected chi connectivity index (χ3v) is 5.45. The van der Waals surface area contributed by atoms with Gasteiger partial charge in [-0.05, 0) is 44.0 Å². The monoisotopic (exact) mass is 363 g/mol. The van der Waals surface area contributed by atoms with Crippen LogP contribution in [0.15, 0.2) is 48.5 Å². The van der Waals surface area contributed by atoms with E-state index in [4.69, 9.17) is 0 Å². The summed E-state index contributed by atoms with van der Waals surface area (Å²) in [6.45, 7) is 4.50. The van der Waals surface area contributed by atoms with Gasteiger partial charge >= 0.3 is 0 Å². The van der Waals surface area contributed by atoms with Gasteiger partial charge in [0.15, 0.2) is 0 Å². The molecule has 5 nitrogen and oxygen atoms in total. The number of rotatable bonds is 4. The van der Waals surface area contributed by atoms with E-state index in [1.165, 1.54) is 12.8 Å². The molecular weight excluding hydrogens is 338 g/mol. The summed E-state index contributed by atoms with van der Waals surface area (Å²) < 4.78 is 0. The molecule has 0 radical (unpaired) electrons. The van der Waals surface area contributed by atoms with E-state index in [0.717, 1.165) is 35.7 Å². The fraction of sp³-hybridized carbons (Fsp3) is 0.364. The molecule has 2 aromatic carbocycles. The van der Waals surface area contributed by atoms with Gasteiger partial charge in [-0.1, -0.05) is 29.8 Å². The number of nitrogens with zero attached hydrogens (tertiary/aromatic N) is 2. The molecule has 0 unspecified atom stereocenters. The molecule has 0 aromatic heterocycles. The number of hydrogen-bond donors (Lipinski definition) is 1. The number of carbonyl (C=O) groups excluding carboxylic acids is 2. The number of benzene rings is 2. The van der Waals surface area contributed by atoms with Gasteiger partial charge in [0.05, 0.1) is 17.3 Å². The molecule has 2 heterocycles. The highest BCUT2D eigenvalue weighted by Gasteiger charge is 2.35. The highest BCUT2D eigenvalue weighted by molar-refractivity contribution is 6.04. The van der Waals surface area contributed by atoms with E-state index in [1.54, 1.807) is 4.90 Å². The molecular formula is C22H25N3O2. The van der Waals surface area contributed by atoms with Crippen LogP contribution < -0.4 is 15.1 Å². The molecule has 0 bridgehead atoms. The predicted molar refractivity (Wildman–Crippen MR) is 108 cm³/mol. The normalized spacial score (nSPS) is 19.6. The average molecular weight is 363 g/mol. The van der Waals surface area contributed by atoms with Crippen LogP contribution >= 0.6 is 0 Å². The smallest absolute Gasteiger partial charge is 0.229 e. The van der Waals surface area contributed by atoms with Crippen molar-refractivity contribution in [1.29, 1.82) is 0 Å². The average Bonchev–Trinajstić information content (AvgIpc) is 3.33. The third kappa shape index (κ3) is 3.68. The fourth-order valence-electron chi connectivity index (χ4n) is 3.91. The first-order chi connectivity index (χ1) is 13.1. The Morgan fingerprint density at radius 1 is 1.04 bits per heavy atom. The van der Waals surface area contributed by atoms with Crippen LogP contribution in [0.2, 0.25) is 0 Å². The second-order valence-corrected chi connectivity index (χ2v) is 7.44. The summed E-state index contributed by atoms with van der Waals surface area (Å²) in [5.41, 5.74) is 3.92. The second-order valence-electron chi connectivity index (χ2n) is 7.44. The van der Waals surface area contributed by atoms with E-state index in [1.807, 2.05) is 49.4 Å². The van der Waals surface area contributed by atoms with Crippen LogP contribution in [0.1, 0.15) is 24.8 Å². The third-order valence-electron chi connectivity index (χ3n) is 5.45. The molecule has 0 spiro atoms. The molecule has 1 atom stereocenters. The van der Waals surface area contributed by atoms with Crippen molar-refractivity contribution in [2.75, 3.05) is 34.8 Å². The molecule has 2 aliphatic rings. The van der Waals surface area contributed by atoms with Crippen molar-refractivity contribution in [2.24, 2.45) is 5.92 Å². The van der Waals surface area contributed by atoms with E-state index >= 15 is 0 Å². The zero-order valence-electron chi connectivity index (χ0n) is 15.6. The molecule has 2 aromatic rings. The van der Waals surface area contributed by atoms with Crippen LogP contribution in [0.3, 0.4) is 0 Å². The van der Waals surface area contributed by atoms with E-state index in [-0.39, 0.29) is 24.2 Å². The molecule has 140 valence electrons. The first kappa shape index (κ1) is 17.6. The van der Waals surface area contributed by atoms with E-state index in [9.17, 15) is 9.59 Å². The molecule has 1 N–H and O–H groups in total. The van der Waals surface area contributed by atoms with Gasteiger partial charge in [0.25, 0.3) is 0 Å². The molecule has 0 saturated carbocycles. The Morgan fingerprint density at radius 3 is 2.48 bits per heavy atom. The Bertz CT molecular complexity index is 841.